The number of hydrogen-bond acceptors (Lipinski definition) is 6. The Morgan fingerprint density at radius 2 is 2.06 bits per heavy atom. The van der Waals surface area contributed by atoms with Crippen LogP contribution in [0.4, 0.5) is 11.4 Å². The topological polar surface area (TPSA) is 112 Å². The van der Waals surface area contributed by atoms with Crippen molar-refractivity contribution in [2.24, 2.45) is 5.92 Å². The molecule has 0 spiro atoms. The number of aromatic nitrogens is 1. The molecule has 3 atom stereocenters. The molecule has 0 radical (unpaired) electrons. The predicted molar refractivity (Wildman–Crippen MR) is 130 cm³/mol. The molecule has 4 rings (SSSR count). The zero-order valence-corrected chi connectivity index (χ0v) is 20.4. The number of anilines is 2. The van der Waals surface area contributed by atoms with Gasteiger partial charge in [-0.1, -0.05) is 44.2 Å². The molecule has 0 bridgehead atoms. The van der Waals surface area contributed by atoms with E-state index in [2.05, 4.69) is 10.3 Å². The van der Waals surface area contributed by atoms with Crippen LogP contribution in [0.15, 0.2) is 42.6 Å². The summed E-state index contributed by atoms with van der Waals surface area (Å²) < 4.78 is 35.6. The molecule has 2 aliphatic heterocycles. The van der Waals surface area contributed by atoms with Crippen LogP contribution in [0.1, 0.15) is 44.6 Å². The van der Waals surface area contributed by atoms with Crippen LogP contribution in [-0.2, 0) is 15.0 Å². The number of aliphatic hydroxyl groups is 1. The summed E-state index contributed by atoms with van der Waals surface area (Å²) in [5, 5.41) is 12.6. The lowest BCUT2D eigenvalue weighted by atomic mass is 9.95. The second-order valence-corrected chi connectivity index (χ2v) is 10.8. The van der Waals surface area contributed by atoms with Gasteiger partial charge >= 0.3 is 10.2 Å². The average molecular weight is 489 g/mol. The molecule has 1 saturated heterocycles. The lowest BCUT2D eigenvalue weighted by Crippen LogP contribution is -2.53. The minimum absolute atomic E-state index is 0.0304. The Hall–Kier alpha value is -2.69. The van der Waals surface area contributed by atoms with Crippen LogP contribution >= 0.6 is 0 Å². The Morgan fingerprint density at radius 3 is 2.74 bits per heavy atom. The third-order valence-electron chi connectivity index (χ3n) is 6.37. The fourth-order valence-electron chi connectivity index (χ4n) is 4.55. The molecule has 9 nitrogen and oxygen atoms in total. The third kappa shape index (κ3) is 5.03. The van der Waals surface area contributed by atoms with Gasteiger partial charge in [-0.2, -0.15) is 12.7 Å². The minimum atomic E-state index is -3.86. The first-order valence-electron chi connectivity index (χ1n) is 11.7. The van der Waals surface area contributed by atoms with E-state index in [0.717, 1.165) is 18.4 Å². The molecular formula is C24H32N4O5S. The van der Waals surface area contributed by atoms with Gasteiger partial charge in [0.05, 0.1) is 31.0 Å². The lowest BCUT2D eigenvalue weighted by Gasteiger charge is -2.39. The first kappa shape index (κ1) is 24.4. The van der Waals surface area contributed by atoms with Gasteiger partial charge in [0.25, 0.3) is 0 Å². The number of fused-ring (bicyclic) bond motifs is 1. The van der Waals surface area contributed by atoms with Crippen LogP contribution in [-0.4, -0.2) is 61.1 Å². The summed E-state index contributed by atoms with van der Waals surface area (Å²) in [6, 6.07) is 11.1. The highest BCUT2D eigenvalue weighted by Crippen LogP contribution is 2.37. The normalized spacial score (nSPS) is 21.9. The number of nitrogens with one attached hydrogen (secondary N) is 1. The largest absolute Gasteiger partial charge is 0.468 e. The number of benzene rings is 1. The summed E-state index contributed by atoms with van der Waals surface area (Å²) >= 11 is 0. The molecule has 0 aliphatic carbocycles. The van der Waals surface area contributed by atoms with E-state index in [1.54, 1.807) is 6.07 Å². The molecular weight excluding hydrogens is 456 g/mol. The van der Waals surface area contributed by atoms with Gasteiger partial charge in [0.1, 0.15) is 11.8 Å². The highest BCUT2D eigenvalue weighted by Gasteiger charge is 2.39. The van der Waals surface area contributed by atoms with E-state index < -0.39 is 16.3 Å². The average Bonchev–Trinajstić information content (AvgIpc) is 2.84. The van der Waals surface area contributed by atoms with Crippen molar-refractivity contribution in [3.8, 4) is 5.88 Å². The summed E-state index contributed by atoms with van der Waals surface area (Å²) in [6.45, 7) is 4.51. The van der Waals surface area contributed by atoms with Crippen LogP contribution < -0.4 is 14.4 Å². The van der Waals surface area contributed by atoms with Gasteiger partial charge in [-0.05, 0) is 36.8 Å². The van der Waals surface area contributed by atoms with E-state index >= 15 is 0 Å². The molecule has 0 saturated carbocycles. The van der Waals surface area contributed by atoms with Crippen molar-refractivity contribution in [1.82, 2.24) is 9.29 Å². The highest BCUT2D eigenvalue weighted by molar-refractivity contribution is 7.90. The van der Waals surface area contributed by atoms with Crippen molar-refractivity contribution in [3.63, 3.8) is 0 Å². The summed E-state index contributed by atoms with van der Waals surface area (Å²) in [5.74, 6) is -0.154. The number of rotatable bonds is 7. The van der Waals surface area contributed by atoms with Gasteiger partial charge in [0.2, 0.25) is 11.8 Å². The highest BCUT2D eigenvalue weighted by atomic mass is 32.2. The molecule has 1 fully saturated rings. The molecule has 2 aromatic rings. The quantitative estimate of drug-likeness (QED) is 0.620. The Morgan fingerprint density at radius 1 is 1.29 bits per heavy atom. The zero-order chi connectivity index (χ0) is 24.3. The van der Waals surface area contributed by atoms with E-state index in [9.17, 15) is 18.3 Å². The smallest absolute Gasteiger partial charge is 0.304 e. The van der Waals surface area contributed by atoms with Gasteiger partial charge in [0, 0.05) is 13.1 Å². The predicted octanol–water partition coefficient (Wildman–Crippen LogP) is 2.75. The van der Waals surface area contributed by atoms with Crippen molar-refractivity contribution >= 4 is 27.5 Å². The summed E-state index contributed by atoms with van der Waals surface area (Å²) in [5.41, 5.74) is 1.55. The monoisotopic (exact) mass is 488 g/mol. The van der Waals surface area contributed by atoms with Crippen LogP contribution in [0.3, 0.4) is 0 Å². The molecule has 10 heteroatoms. The van der Waals surface area contributed by atoms with Gasteiger partial charge in [-0.3, -0.25) is 4.79 Å². The number of carbonyl (C=O) groups is 1. The maximum Gasteiger partial charge on any atom is 0.304 e. The van der Waals surface area contributed by atoms with Crippen LogP contribution in [0.5, 0.6) is 5.88 Å². The molecule has 184 valence electrons. The van der Waals surface area contributed by atoms with E-state index in [1.807, 2.05) is 44.2 Å². The Bertz CT molecular complexity index is 1110. The third-order valence-corrected chi connectivity index (χ3v) is 8.26. The molecule has 1 aromatic heterocycles. The first-order valence-corrected chi connectivity index (χ1v) is 13.1. The first-order chi connectivity index (χ1) is 16.3. The Labute approximate surface area is 200 Å². The van der Waals surface area contributed by atoms with E-state index in [0.29, 0.717) is 25.2 Å². The van der Waals surface area contributed by atoms with E-state index in [4.69, 9.17) is 4.74 Å². The molecule has 3 heterocycles. The van der Waals surface area contributed by atoms with Gasteiger partial charge < -0.3 is 15.2 Å². The zero-order valence-electron chi connectivity index (χ0n) is 19.6. The number of aliphatic hydroxyl groups excluding tert-OH is 1. The summed E-state index contributed by atoms with van der Waals surface area (Å²) in [4.78, 5) is 17.3. The molecule has 2 aliphatic rings. The Balaban J connectivity index is 1.62. The number of ether oxygens (including phenoxy) is 1. The minimum Gasteiger partial charge on any atom is -0.468 e. The van der Waals surface area contributed by atoms with Crippen molar-refractivity contribution in [2.45, 2.75) is 45.1 Å². The molecule has 1 aromatic carbocycles. The second kappa shape index (κ2) is 10.3. The SMILES string of the molecule is CC[C@H](C(=O)Nc1cnc2c(c1)N(S(=O)(=O)N1CCC[C@H](C)C1)C[C@H](CO)O2)c1ccccc1. The fourth-order valence-corrected chi connectivity index (χ4v) is 6.37. The Kier molecular flexibility index (Phi) is 7.39. The van der Waals surface area contributed by atoms with Crippen molar-refractivity contribution in [2.75, 3.05) is 35.9 Å². The van der Waals surface area contributed by atoms with Crippen LogP contribution in [0, 0.1) is 5.92 Å². The number of pyridine rings is 1. The standard InChI is InChI=1S/C24H32N4O5S/c1-3-21(18-9-5-4-6-10-18)23(30)26-19-12-22-24(25-13-19)33-20(16-29)15-28(22)34(31,32)27-11-7-8-17(2)14-27/h4-6,9-10,12-13,17,20-21,29H,3,7-8,11,14-16H2,1-2H3,(H,26,30)/t17-,20+,21-/m0/s1. The fraction of sp³-hybridized carbons (Fsp3) is 0.500. The maximum absolute atomic E-state index is 13.6. The van der Waals surface area contributed by atoms with Gasteiger partial charge in [-0.15, -0.1) is 0 Å². The molecule has 2 N–H and O–H groups in total. The second-order valence-electron chi connectivity index (χ2n) is 8.98. The number of piperidine rings is 1. The number of amides is 1. The van der Waals surface area contributed by atoms with Crippen molar-refractivity contribution in [1.29, 1.82) is 0 Å². The summed E-state index contributed by atoms with van der Waals surface area (Å²) in [7, 11) is -3.86. The van der Waals surface area contributed by atoms with Crippen molar-refractivity contribution < 1.29 is 23.1 Å². The lowest BCUT2D eigenvalue weighted by molar-refractivity contribution is -0.117. The maximum atomic E-state index is 13.6. The molecule has 0 unspecified atom stereocenters. The number of hydrogen-bond donors (Lipinski definition) is 2. The summed E-state index contributed by atoms with van der Waals surface area (Å²) in [6.07, 6.45) is 3.13. The van der Waals surface area contributed by atoms with E-state index in [-0.39, 0.29) is 42.5 Å². The number of nitrogens with zero attached hydrogens (tertiary/aromatic N) is 3. The molecule has 34 heavy (non-hydrogen) atoms. The number of carbonyl (C=O) groups excluding carboxylic acids is 1. The van der Waals surface area contributed by atoms with Crippen LogP contribution in [0.2, 0.25) is 0 Å². The molecule has 1 amide bonds. The van der Waals surface area contributed by atoms with Crippen molar-refractivity contribution in [3.05, 3.63) is 48.2 Å². The van der Waals surface area contributed by atoms with Gasteiger partial charge in [-0.25, -0.2) is 9.29 Å². The van der Waals surface area contributed by atoms with E-state index in [1.165, 1.54) is 14.8 Å². The van der Waals surface area contributed by atoms with Gasteiger partial charge in [0.15, 0.2) is 0 Å². The van der Waals surface area contributed by atoms with Crippen LogP contribution in [0.25, 0.3) is 0 Å².